The minimum atomic E-state index is -0.818. The largest absolute Gasteiger partial charge is 0.494 e. The third kappa shape index (κ3) is 5.16. The van der Waals surface area contributed by atoms with Crippen LogP contribution in [0.4, 0.5) is 0 Å². The van der Waals surface area contributed by atoms with Crippen LogP contribution in [0, 0.1) is 5.92 Å². The van der Waals surface area contributed by atoms with E-state index in [0.29, 0.717) is 37.8 Å². The number of fused-ring (bicyclic) bond motifs is 1. The summed E-state index contributed by atoms with van der Waals surface area (Å²) in [6.07, 6.45) is 5.00. The van der Waals surface area contributed by atoms with Gasteiger partial charge in [-0.2, -0.15) is 0 Å². The highest BCUT2D eigenvalue weighted by Gasteiger charge is 2.45. The fraction of sp³-hybridized carbons (Fsp3) is 0.619. The predicted molar refractivity (Wildman–Crippen MR) is 105 cm³/mol. The van der Waals surface area contributed by atoms with Crippen LogP contribution in [0.2, 0.25) is 0 Å². The summed E-state index contributed by atoms with van der Waals surface area (Å²) in [4.78, 5) is 25.9. The second-order valence-electron chi connectivity index (χ2n) is 7.48. The number of hydrogen-bond acceptors (Lipinski definition) is 5. The zero-order valence-corrected chi connectivity index (χ0v) is 16.4. The maximum Gasteiger partial charge on any atom is 0.320 e. The molecule has 2 aliphatic rings. The van der Waals surface area contributed by atoms with E-state index in [0.717, 1.165) is 31.4 Å². The molecule has 1 amide bonds. The summed E-state index contributed by atoms with van der Waals surface area (Å²) >= 11 is 0. The van der Waals surface area contributed by atoms with Crippen LogP contribution < -0.4 is 14.8 Å². The molecule has 0 radical (unpaired) electrons. The maximum atomic E-state index is 12.4. The van der Waals surface area contributed by atoms with Gasteiger partial charge in [-0.25, -0.2) is 0 Å². The first-order valence-electron chi connectivity index (χ1n) is 10.2. The van der Waals surface area contributed by atoms with Crippen molar-refractivity contribution in [2.24, 2.45) is 5.92 Å². The van der Waals surface area contributed by atoms with E-state index in [9.17, 15) is 14.7 Å². The second-order valence-corrected chi connectivity index (χ2v) is 7.48. The number of hydrogen-bond donors (Lipinski definition) is 2. The van der Waals surface area contributed by atoms with Crippen LogP contribution in [0.25, 0.3) is 0 Å². The van der Waals surface area contributed by atoms with E-state index < -0.39 is 12.0 Å². The standard InChI is InChI=1S/C21H30N2O5/c1-2-27-16-7-9-17(10-8-16)28-12-11-22-20(24)14-23-18-6-4-3-5-15(18)13-19(23)21(25)26/h7-10,15,18-19H,2-6,11-14H2,1H3,(H,22,24)(H,25,26). The zero-order valence-electron chi connectivity index (χ0n) is 16.4. The van der Waals surface area contributed by atoms with Crippen LogP contribution in [0.15, 0.2) is 24.3 Å². The molecule has 0 spiro atoms. The lowest BCUT2D eigenvalue weighted by molar-refractivity contribution is -0.143. The number of ether oxygens (including phenoxy) is 2. The van der Waals surface area contributed by atoms with Crippen molar-refractivity contribution in [3.63, 3.8) is 0 Å². The smallest absolute Gasteiger partial charge is 0.320 e. The number of carboxylic acid groups (broad SMARTS) is 1. The van der Waals surface area contributed by atoms with E-state index in [2.05, 4.69) is 5.32 Å². The van der Waals surface area contributed by atoms with Gasteiger partial charge >= 0.3 is 5.97 Å². The van der Waals surface area contributed by atoms with E-state index in [1.807, 2.05) is 36.1 Å². The van der Waals surface area contributed by atoms with Crippen LogP contribution in [0.5, 0.6) is 11.5 Å². The summed E-state index contributed by atoms with van der Waals surface area (Å²) < 4.78 is 11.0. The van der Waals surface area contributed by atoms with Crippen molar-refractivity contribution < 1.29 is 24.2 Å². The van der Waals surface area contributed by atoms with E-state index >= 15 is 0 Å². The number of benzene rings is 1. The molecule has 0 aromatic heterocycles. The molecule has 1 aromatic carbocycles. The van der Waals surface area contributed by atoms with Gasteiger partial charge in [0.15, 0.2) is 0 Å². The number of nitrogens with zero attached hydrogens (tertiary/aromatic N) is 1. The summed E-state index contributed by atoms with van der Waals surface area (Å²) in [6, 6.07) is 7.03. The molecule has 3 rings (SSSR count). The molecule has 154 valence electrons. The Kier molecular flexibility index (Phi) is 7.14. The lowest BCUT2D eigenvalue weighted by Gasteiger charge is -2.32. The molecule has 1 aliphatic heterocycles. The zero-order chi connectivity index (χ0) is 19.9. The van der Waals surface area contributed by atoms with Gasteiger partial charge in [-0.3, -0.25) is 14.5 Å². The number of carbonyl (C=O) groups excluding carboxylic acids is 1. The number of aliphatic carboxylic acids is 1. The van der Waals surface area contributed by atoms with Crippen molar-refractivity contribution in [3.8, 4) is 11.5 Å². The van der Waals surface area contributed by atoms with Gasteiger partial charge in [0, 0.05) is 6.04 Å². The highest BCUT2D eigenvalue weighted by atomic mass is 16.5. The van der Waals surface area contributed by atoms with Crippen molar-refractivity contribution in [3.05, 3.63) is 24.3 Å². The van der Waals surface area contributed by atoms with Crippen molar-refractivity contribution >= 4 is 11.9 Å². The van der Waals surface area contributed by atoms with Gasteiger partial charge in [0.2, 0.25) is 5.91 Å². The van der Waals surface area contributed by atoms with Crippen LogP contribution >= 0.6 is 0 Å². The van der Waals surface area contributed by atoms with Gasteiger partial charge < -0.3 is 19.9 Å². The monoisotopic (exact) mass is 390 g/mol. The third-order valence-corrected chi connectivity index (χ3v) is 5.66. The van der Waals surface area contributed by atoms with Gasteiger partial charge in [-0.1, -0.05) is 12.8 Å². The Morgan fingerprint density at radius 1 is 1.14 bits per heavy atom. The Morgan fingerprint density at radius 3 is 2.50 bits per heavy atom. The highest BCUT2D eigenvalue weighted by molar-refractivity contribution is 5.80. The first-order chi connectivity index (χ1) is 13.6. The maximum absolute atomic E-state index is 12.4. The van der Waals surface area contributed by atoms with E-state index in [4.69, 9.17) is 9.47 Å². The van der Waals surface area contributed by atoms with Crippen molar-refractivity contribution in [2.45, 2.75) is 51.1 Å². The summed E-state index contributed by atoms with van der Waals surface area (Å²) in [6.45, 7) is 3.43. The quantitative estimate of drug-likeness (QED) is 0.629. The highest BCUT2D eigenvalue weighted by Crippen LogP contribution is 2.39. The number of carboxylic acids is 1. The molecule has 1 saturated carbocycles. The van der Waals surface area contributed by atoms with Crippen molar-refractivity contribution in [2.75, 3.05) is 26.3 Å². The van der Waals surface area contributed by atoms with E-state index in [1.54, 1.807) is 0 Å². The Morgan fingerprint density at radius 2 is 1.82 bits per heavy atom. The van der Waals surface area contributed by atoms with Gasteiger partial charge in [-0.05, 0) is 56.4 Å². The minimum absolute atomic E-state index is 0.140. The molecular formula is C21H30N2O5. The fourth-order valence-corrected chi connectivity index (χ4v) is 4.40. The molecule has 7 heteroatoms. The summed E-state index contributed by atoms with van der Waals surface area (Å²) in [5.74, 6) is 0.954. The molecular weight excluding hydrogens is 360 g/mol. The normalized spacial score (nSPS) is 24.4. The number of amides is 1. The molecule has 0 bridgehead atoms. The molecule has 28 heavy (non-hydrogen) atoms. The fourth-order valence-electron chi connectivity index (χ4n) is 4.40. The van der Waals surface area contributed by atoms with Crippen LogP contribution in [-0.2, 0) is 9.59 Å². The number of nitrogens with one attached hydrogen (secondary N) is 1. The van der Waals surface area contributed by atoms with Crippen molar-refractivity contribution in [1.29, 1.82) is 0 Å². The lowest BCUT2D eigenvalue weighted by atomic mass is 9.85. The van der Waals surface area contributed by atoms with Crippen LogP contribution in [0.3, 0.4) is 0 Å². The molecule has 3 unspecified atom stereocenters. The number of carbonyl (C=O) groups is 2. The van der Waals surface area contributed by atoms with Gasteiger partial charge in [0.1, 0.15) is 24.1 Å². The average molecular weight is 390 g/mol. The van der Waals surface area contributed by atoms with E-state index in [-0.39, 0.29) is 18.5 Å². The lowest BCUT2D eigenvalue weighted by Crippen LogP contribution is -2.48. The van der Waals surface area contributed by atoms with Gasteiger partial charge in [0.25, 0.3) is 0 Å². The molecule has 7 nitrogen and oxygen atoms in total. The molecule has 1 aromatic rings. The summed E-state index contributed by atoms with van der Waals surface area (Å²) in [5.41, 5.74) is 0. The second kappa shape index (κ2) is 9.78. The number of likely N-dealkylation sites (tertiary alicyclic amines) is 1. The van der Waals surface area contributed by atoms with E-state index in [1.165, 1.54) is 0 Å². The third-order valence-electron chi connectivity index (χ3n) is 5.66. The Balaban J connectivity index is 1.42. The topological polar surface area (TPSA) is 88.1 Å². The number of rotatable bonds is 9. The van der Waals surface area contributed by atoms with Gasteiger partial charge in [-0.15, -0.1) is 0 Å². The first kappa shape index (κ1) is 20.5. The molecule has 1 heterocycles. The Bertz CT molecular complexity index is 663. The summed E-state index contributed by atoms with van der Waals surface area (Å²) in [7, 11) is 0. The SMILES string of the molecule is CCOc1ccc(OCCNC(=O)CN2C(C(=O)O)CC3CCCCC32)cc1. The molecule has 3 atom stereocenters. The molecule has 2 N–H and O–H groups in total. The first-order valence-corrected chi connectivity index (χ1v) is 10.2. The minimum Gasteiger partial charge on any atom is -0.494 e. The summed E-state index contributed by atoms with van der Waals surface area (Å²) in [5, 5.41) is 12.4. The van der Waals surface area contributed by atoms with Gasteiger partial charge in [0.05, 0.1) is 19.7 Å². The molecule has 1 aliphatic carbocycles. The Hall–Kier alpha value is -2.28. The Labute approximate surface area is 166 Å². The van der Waals surface area contributed by atoms with Crippen LogP contribution in [0.1, 0.15) is 39.0 Å². The molecule has 2 fully saturated rings. The molecule has 1 saturated heterocycles. The van der Waals surface area contributed by atoms with Crippen LogP contribution in [-0.4, -0.2) is 60.3 Å². The van der Waals surface area contributed by atoms with Crippen molar-refractivity contribution in [1.82, 2.24) is 10.2 Å². The predicted octanol–water partition coefficient (Wildman–Crippen LogP) is 2.30. The average Bonchev–Trinajstić information content (AvgIpc) is 3.06.